The van der Waals surface area contributed by atoms with Crippen LogP contribution in [0.2, 0.25) is 0 Å². The summed E-state index contributed by atoms with van der Waals surface area (Å²) in [6, 6.07) is 0.861. The summed E-state index contributed by atoms with van der Waals surface area (Å²) in [5, 5.41) is 4.09. The number of hydrogen-bond donors (Lipinski definition) is 1. The lowest BCUT2D eigenvalue weighted by molar-refractivity contribution is -0.0187. The van der Waals surface area contributed by atoms with Crippen molar-refractivity contribution in [2.24, 2.45) is 23.7 Å². The molecule has 0 aromatic heterocycles. The second-order valence-electron chi connectivity index (χ2n) is 8.66. The molecule has 0 radical (unpaired) electrons. The van der Waals surface area contributed by atoms with Crippen LogP contribution < -0.4 is 5.32 Å². The van der Waals surface area contributed by atoms with Crippen molar-refractivity contribution in [1.29, 1.82) is 0 Å². The largest absolute Gasteiger partial charge is 0.312 e. The molecule has 2 heteroatoms. The minimum atomic E-state index is 0.467. The first-order valence-electron chi connectivity index (χ1n) is 9.07. The van der Waals surface area contributed by atoms with E-state index in [4.69, 9.17) is 0 Å². The molecular formula is C18H32N2. The van der Waals surface area contributed by atoms with Crippen molar-refractivity contribution >= 4 is 0 Å². The number of rotatable bonds is 4. The quantitative estimate of drug-likeness (QED) is 0.848. The highest BCUT2D eigenvalue weighted by atomic mass is 15.2. The fourth-order valence-electron chi connectivity index (χ4n) is 6.38. The van der Waals surface area contributed by atoms with Gasteiger partial charge in [-0.3, -0.25) is 0 Å². The average Bonchev–Trinajstić information content (AvgIpc) is 2.87. The van der Waals surface area contributed by atoms with E-state index in [-0.39, 0.29) is 0 Å². The summed E-state index contributed by atoms with van der Waals surface area (Å²) in [7, 11) is 4.59. The predicted octanol–water partition coefficient (Wildman–Crippen LogP) is 3.28. The molecule has 4 bridgehead atoms. The van der Waals surface area contributed by atoms with E-state index in [9.17, 15) is 0 Å². The minimum absolute atomic E-state index is 0.467. The molecule has 5 saturated carbocycles. The zero-order valence-electron chi connectivity index (χ0n) is 13.4. The van der Waals surface area contributed by atoms with Crippen molar-refractivity contribution in [2.45, 2.75) is 69.4 Å². The van der Waals surface area contributed by atoms with Gasteiger partial charge in [0.25, 0.3) is 0 Å². The summed E-state index contributed by atoms with van der Waals surface area (Å²) in [5.74, 6) is 4.24. The Morgan fingerprint density at radius 2 is 1.45 bits per heavy atom. The van der Waals surface area contributed by atoms with E-state index in [1.165, 1.54) is 32.2 Å². The molecule has 0 spiro atoms. The predicted molar refractivity (Wildman–Crippen MR) is 83.7 cm³/mol. The Balaban J connectivity index is 1.42. The van der Waals surface area contributed by atoms with Crippen LogP contribution >= 0.6 is 0 Å². The van der Waals surface area contributed by atoms with Crippen LogP contribution in [0.25, 0.3) is 0 Å². The maximum Gasteiger partial charge on any atom is 0.0327 e. The summed E-state index contributed by atoms with van der Waals surface area (Å²) in [6.07, 6.45) is 13.4. The van der Waals surface area contributed by atoms with E-state index in [0.717, 1.165) is 29.7 Å². The molecule has 2 nitrogen and oxygen atoms in total. The Bertz CT molecular complexity index is 328. The number of likely N-dealkylation sites (N-methyl/N-ethyl adjacent to an activating group) is 1. The van der Waals surface area contributed by atoms with Gasteiger partial charge in [-0.15, -0.1) is 0 Å². The SMILES string of the molecule is CN(C)C1(CNC2C3CC4CC(C3)CC2C4)CCCC1. The van der Waals surface area contributed by atoms with Gasteiger partial charge in [0.05, 0.1) is 0 Å². The van der Waals surface area contributed by atoms with Crippen LogP contribution in [0.15, 0.2) is 0 Å². The molecule has 5 aliphatic carbocycles. The van der Waals surface area contributed by atoms with Crippen LogP contribution in [0.3, 0.4) is 0 Å². The smallest absolute Gasteiger partial charge is 0.0327 e. The minimum Gasteiger partial charge on any atom is -0.312 e. The van der Waals surface area contributed by atoms with Gasteiger partial charge >= 0.3 is 0 Å². The zero-order chi connectivity index (χ0) is 13.7. The first kappa shape index (κ1) is 13.6. The van der Waals surface area contributed by atoms with Crippen LogP contribution in [0.1, 0.15) is 57.8 Å². The first-order valence-corrected chi connectivity index (χ1v) is 9.07. The summed E-state index contributed by atoms with van der Waals surface area (Å²) >= 11 is 0. The van der Waals surface area contributed by atoms with Crippen molar-refractivity contribution in [2.75, 3.05) is 20.6 Å². The highest BCUT2D eigenvalue weighted by molar-refractivity contribution is 5.03. The lowest BCUT2D eigenvalue weighted by Crippen LogP contribution is -2.59. The van der Waals surface area contributed by atoms with Crippen LogP contribution in [0, 0.1) is 23.7 Å². The summed E-state index contributed by atoms with van der Waals surface area (Å²) < 4.78 is 0. The Morgan fingerprint density at radius 3 is 1.95 bits per heavy atom. The lowest BCUT2D eigenvalue weighted by Gasteiger charge is -2.55. The van der Waals surface area contributed by atoms with Gasteiger partial charge in [0, 0.05) is 18.1 Å². The van der Waals surface area contributed by atoms with E-state index in [1.807, 2.05) is 0 Å². The molecule has 1 N–H and O–H groups in total. The zero-order valence-corrected chi connectivity index (χ0v) is 13.4. The summed E-state index contributed by atoms with van der Waals surface area (Å²) in [4.78, 5) is 2.52. The fraction of sp³-hybridized carbons (Fsp3) is 1.00. The van der Waals surface area contributed by atoms with E-state index in [0.29, 0.717) is 5.54 Å². The van der Waals surface area contributed by atoms with Gasteiger partial charge in [0.1, 0.15) is 0 Å². The second-order valence-corrected chi connectivity index (χ2v) is 8.66. The summed E-state index contributed by atoms with van der Waals surface area (Å²) in [6.45, 7) is 1.24. The molecule has 20 heavy (non-hydrogen) atoms. The van der Waals surface area contributed by atoms with Crippen molar-refractivity contribution in [1.82, 2.24) is 10.2 Å². The highest BCUT2D eigenvalue weighted by Crippen LogP contribution is 2.53. The molecule has 0 saturated heterocycles. The summed E-state index contributed by atoms with van der Waals surface area (Å²) in [5.41, 5.74) is 0.467. The lowest BCUT2D eigenvalue weighted by atomic mass is 9.54. The van der Waals surface area contributed by atoms with Crippen LogP contribution in [0.5, 0.6) is 0 Å². The van der Waals surface area contributed by atoms with Crippen LogP contribution in [-0.2, 0) is 0 Å². The molecule has 0 unspecified atom stereocenters. The van der Waals surface area contributed by atoms with Crippen molar-refractivity contribution in [3.05, 3.63) is 0 Å². The van der Waals surface area contributed by atoms with E-state index < -0.39 is 0 Å². The van der Waals surface area contributed by atoms with E-state index in [1.54, 1.807) is 32.1 Å². The molecule has 0 aromatic carbocycles. The van der Waals surface area contributed by atoms with E-state index in [2.05, 4.69) is 24.3 Å². The number of nitrogens with zero attached hydrogens (tertiary/aromatic N) is 1. The third-order valence-corrected chi connectivity index (χ3v) is 7.38. The average molecular weight is 276 g/mol. The standard InChI is InChI=1S/C18H32N2/c1-20(2)18(5-3-4-6-18)12-19-17-15-8-13-7-14(10-15)11-16(17)9-13/h13-17,19H,3-12H2,1-2H3. The van der Waals surface area contributed by atoms with Gasteiger partial charge in [-0.1, -0.05) is 12.8 Å². The highest BCUT2D eigenvalue weighted by Gasteiger charge is 2.48. The van der Waals surface area contributed by atoms with Gasteiger partial charge in [-0.05, 0) is 82.7 Å². The topological polar surface area (TPSA) is 15.3 Å². The molecule has 0 heterocycles. The molecule has 0 atom stereocenters. The molecular weight excluding hydrogens is 244 g/mol. The van der Waals surface area contributed by atoms with Crippen molar-refractivity contribution in [3.63, 3.8) is 0 Å². The maximum atomic E-state index is 4.09. The molecule has 5 fully saturated rings. The van der Waals surface area contributed by atoms with Crippen LogP contribution in [-0.4, -0.2) is 37.1 Å². The van der Waals surface area contributed by atoms with Gasteiger partial charge < -0.3 is 10.2 Å². The Hall–Kier alpha value is -0.0800. The van der Waals surface area contributed by atoms with Gasteiger partial charge in [0.2, 0.25) is 0 Å². The monoisotopic (exact) mass is 276 g/mol. The molecule has 5 rings (SSSR count). The fourth-order valence-corrected chi connectivity index (χ4v) is 6.38. The van der Waals surface area contributed by atoms with Gasteiger partial charge in [-0.2, -0.15) is 0 Å². The van der Waals surface area contributed by atoms with Gasteiger partial charge in [0.15, 0.2) is 0 Å². The third kappa shape index (κ3) is 2.14. The normalized spacial score (nSPS) is 45.5. The molecule has 5 aliphatic rings. The van der Waals surface area contributed by atoms with Crippen molar-refractivity contribution in [3.8, 4) is 0 Å². The number of hydrogen-bond acceptors (Lipinski definition) is 2. The van der Waals surface area contributed by atoms with Crippen LogP contribution in [0.4, 0.5) is 0 Å². The maximum absolute atomic E-state index is 4.09. The number of nitrogens with one attached hydrogen (secondary N) is 1. The third-order valence-electron chi connectivity index (χ3n) is 7.38. The molecule has 114 valence electrons. The molecule has 0 amide bonds. The Kier molecular flexibility index (Phi) is 3.38. The molecule has 0 aromatic rings. The van der Waals surface area contributed by atoms with Crippen molar-refractivity contribution < 1.29 is 0 Å². The van der Waals surface area contributed by atoms with Gasteiger partial charge in [-0.25, -0.2) is 0 Å². The second kappa shape index (κ2) is 4.98. The van der Waals surface area contributed by atoms with E-state index >= 15 is 0 Å². The Morgan fingerprint density at radius 1 is 0.900 bits per heavy atom. The first-order chi connectivity index (χ1) is 9.66. The molecule has 0 aliphatic heterocycles. The Labute approximate surface area is 124 Å².